The normalized spacial score (nSPS) is 25.3. The lowest BCUT2D eigenvalue weighted by Gasteiger charge is -2.26. The molecule has 16 heavy (non-hydrogen) atoms. The van der Waals surface area contributed by atoms with E-state index in [1.165, 1.54) is 0 Å². The summed E-state index contributed by atoms with van der Waals surface area (Å²) < 4.78 is 6.66. The maximum absolute atomic E-state index is 10.6. The highest BCUT2D eigenvalue weighted by Gasteiger charge is 2.27. The van der Waals surface area contributed by atoms with Crippen molar-refractivity contribution < 1.29 is 9.53 Å². The second-order valence-electron chi connectivity index (χ2n) is 4.07. The van der Waals surface area contributed by atoms with Crippen molar-refractivity contribution in [1.82, 2.24) is 20.2 Å². The Morgan fingerprint density at radius 3 is 2.62 bits per heavy atom. The van der Waals surface area contributed by atoms with Crippen molar-refractivity contribution in [2.24, 2.45) is 12.8 Å². The number of aryl methyl sites for hydroxylation is 1. The highest BCUT2D eigenvalue weighted by Crippen LogP contribution is 2.32. The maximum atomic E-state index is 10.6. The topological polar surface area (TPSA) is 95.9 Å². The van der Waals surface area contributed by atoms with E-state index in [2.05, 4.69) is 15.5 Å². The van der Waals surface area contributed by atoms with Crippen LogP contribution in [0.3, 0.4) is 0 Å². The van der Waals surface area contributed by atoms with Crippen LogP contribution in [0.15, 0.2) is 0 Å². The zero-order valence-corrected chi connectivity index (χ0v) is 9.17. The number of tetrazole rings is 1. The smallest absolute Gasteiger partial charge is 0.404 e. The number of primary amides is 1. The van der Waals surface area contributed by atoms with Gasteiger partial charge in [0.25, 0.3) is 0 Å². The average molecular weight is 225 g/mol. The van der Waals surface area contributed by atoms with Gasteiger partial charge in [0.15, 0.2) is 5.82 Å². The molecule has 7 heteroatoms. The van der Waals surface area contributed by atoms with E-state index in [4.69, 9.17) is 10.5 Å². The number of hydrogen-bond acceptors (Lipinski definition) is 5. The van der Waals surface area contributed by atoms with E-state index < -0.39 is 6.09 Å². The molecule has 0 atom stereocenters. The molecule has 0 unspecified atom stereocenters. The zero-order valence-electron chi connectivity index (χ0n) is 9.17. The zero-order chi connectivity index (χ0) is 11.5. The van der Waals surface area contributed by atoms with Gasteiger partial charge in [0.1, 0.15) is 6.10 Å². The third-order valence-corrected chi connectivity index (χ3v) is 2.98. The van der Waals surface area contributed by atoms with Crippen LogP contribution < -0.4 is 5.73 Å². The van der Waals surface area contributed by atoms with Gasteiger partial charge in [-0.05, 0) is 36.1 Å². The molecule has 0 aliphatic heterocycles. The van der Waals surface area contributed by atoms with Crippen LogP contribution in [0.1, 0.15) is 37.4 Å². The van der Waals surface area contributed by atoms with Gasteiger partial charge < -0.3 is 10.5 Å². The third kappa shape index (κ3) is 2.29. The lowest BCUT2D eigenvalue weighted by Crippen LogP contribution is -2.27. The summed E-state index contributed by atoms with van der Waals surface area (Å²) in [6.45, 7) is 0. The summed E-state index contributed by atoms with van der Waals surface area (Å²) in [4.78, 5) is 10.6. The molecule has 1 amide bonds. The molecule has 0 bridgehead atoms. The van der Waals surface area contributed by atoms with Crippen LogP contribution in [0, 0.1) is 0 Å². The summed E-state index contributed by atoms with van der Waals surface area (Å²) >= 11 is 0. The Hall–Kier alpha value is -1.66. The molecule has 2 rings (SSSR count). The van der Waals surface area contributed by atoms with E-state index in [-0.39, 0.29) is 6.10 Å². The van der Waals surface area contributed by atoms with Crippen molar-refractivity contribution in [3.63, 3.8) is 0 Å². The van der Waals surface area contributed by atoms with Gasteiger partial charge in [0.05, 0.1) is 0 Å². The first-order valence-electron chi connectivity index (χ1n) is 5.35. The fraction of sp³-hybridized carbons (Fsp3) is 0.778. The molecule has 2 N–H and O–H groups in total. The fourth-order valence-electron chi connectivity index (χ4n) is 2.19. The second-order valence-corrected chi connectivity index (χ2v) is 4.07. The number of carbonyl (C=O) groups is 1. The Balaban J connectivity index is 1.90. The minimum atomic E-state index is -0.691. The van der Waals surface area contributed by atoms with E-state index in [0.717, 1.165) is 31.5 Å². The number of hydrogen-bond donors (Lipinski definition) is 1. The number of carbonyl (C=O) groups excluding carboxylic acids is 1. The van der Waals surface area contributed by atoms with Crippen molar-refractivity contribution >= 4 is 6.09 Å². The molecule has 0 spiro atoms. The minimum Gasteiger partial charge on any atom is -0.446 e. The number of nitrogens with zero attached hydrogens (tertiary/aromatic N) is 4. The minimum absolute atomic E-state index is 0.0464. The molecule has 1 aliphatic rings. The molecular formula is C9H15N5O2. The molecular weight excluding hydrogens is 210 g/mol. The molecule has 0 aromatic carbocycles. The van der Waals surface area contributed by atoms with Gasteiger partial charge in [-0.3, -0.25) is 0 Å². The highest BCUT2D eigenvalue weighted by atomic mass is 16.6. The van der Waals surface area contributed by atoms with Crippen molar-refractivity contribution in [2.45, 2.75) is 37.7 Å². The van der Waals surface area contributed by atoms with Gasteiger partial charge in [0.2, 0.25) is 0 Å². The van der Waals surface area contributed by atoms with E-state index in [9.17, 15) is 4.79 Å². The van der Waals surface area contributed by atoms with Crippen LogP contribution in [-0.2, 0) is 11.8 Å². The van der Waals surface area contributed by atoms with Crippen LogP contribution in [-0.4, -0.2) is 32.4 Å². The largest absolute Gasteiger partial charge is 0.446 e. The third-order valence-electron chi connectivity index (χ3n) is 2.98. The number of amides is 1. The lowest BCUT2D eigenvalue weighted by atomic mass is 9.87. The summed E-state index contributed by atoms with van der Waals surface area (Å²) in [5, 5.41) is 11.4. The lowest BCUT2D eigenvalue weighted by molar-refractivity contribution is 0.0777. The molecule has 0 saturated heterocycles. The van der Waals surface area contributed by atoms with Gasteiger partial charge in [-0.15, -0.1) is 5.10 Å². The Morgan fingerprint density at radius 2 is 2.12 bits per heavy atom. The first-order chi connectivity index (χ1) is 7.66. The molecule has 7 nitrogen and oxygen atoms in total. The highest BCUT2D eigenvalue weighted by molar-refractivity contribution is 5.64. The molecule has 1 aromatic heterocycles. The van der Waals surface area contributed by atoms with Crippen LogP contribution in [0.2, 0.25) is 0 Å². The second kappa shape index (κ2) is 4.46. The monoisotopic (exact) mass is 225 g/mol. The van der Waals surface area contributed by atoms with Crippen LogP contribution >= 0.6 is 0 Å². The van der Waals surface area contributed by atoms with Crippen LogP contribution in [0.4, 0.5) is 4.79 Å². The van der Waals surface area contributed by atoms with E-state index in [1.54, 1.807) is 4.68 Å². The summed E-state index contributed by atoms with van der Waals surface area (Å²) in [7, 11) is 1.83. The first-order valence-corrected chi connectivity index (χ1v) is 5.35. The number of aromatic nitrogens is 4. The van der Waals surface area contributed by atoms with Crippen molar-refractivity contribution in [3.05, 3.63) is 5.82 Å². The Labute approximate surface area is 92.9 Å². The van der Waals surface area contributed by atoms with Crippen LogP contribution in [0.25, 0.3) is 0 Å². The standard InChI is InChI=1S/C9H15N5O2/c1-14-8(11-12-13-14)6-2-4-7(5-3-6)16-9(10)15/h6-7H,2-5H2,1H3,(H2,10,15). The first kappa shape index (κ1) is 10.8. The number of rotatable bonds is 2. The van der Waals surface area contributed by atoms with Gasteiger partial charge in [0, 0.05) is 13.0 Å². The van der Waals surface area contributed by atoms with Crippen molar-refractivity contribution in [1.29, 1.82) is 0 Å². The quantitative estimate of drug-likeness (QED) is 0.782. The number of nitrogens with two attached hydrogens (primary N) is 1. The van der Waals surface area contributed by atoms with E-state index >= 15 is 0 Å². The van der Waals surface area contributed by atoms with Gasteiger partial charge >= 0.3 is 6.09 Å². The molecule has 1 heterocycles. The molecule has 1 fully saturated rings. The molecule has 1 saturated carbocycles. The molecule has 1 aromatic rings. The van der Waals surface area contributed by atoms with Crippen molar-refractivity contribution in [3.8, 4) is 0 Å². The Kier molecular flexibility index (Phi) is 3.02. The van der Waals surface area contributed by atoms with Gasteiger partial charge in [-0.25, -0.2) is 9.48 Å². The summed E-state index contributed by atoms with van der Waals surface area (Å²) in [5.41, 5.74) is 4.98. The Morgan fingerprint density at radius 1 is 1.44 bits per heavy atom. The average Bonchev–Trinajstić information content (AvgIpc) is 2.65. The summed E-state index contributed by atoms with van der Waals surface area (Å²) in [6, 6.07) is 0. The maximum Gasteiger partial charge on any atom is 0.404 e. The molecule has 1 aliphatic carbocycles. The fourth-order valence-corrected chi connectivity index (χ4v) is 2.19. The summed E-state index contributed by atoms with van der Waals surface area (Å²) in [6.07, 6.45) is 2.75. The number of ether oxygens (including phenoxy) is 1. The molecule has 0 radical (unpaired) electrons. The summed E-state index contributed by atoms with van der Waals surface area (Å²) in [5.74, 6) is 1.25. The van der Waals surface area contributed by atoms with Gasteiger partial charge in [-0.1, -0.05) is 0 Å². The Bertz CT molecular complexity index is 370. The predicted molar refractivity (Wildman–Crippen MR) is 54.5 cm³/mol. The molecule has 88 valence electrons. The van der Waals surface area contributed by atoms with E-state index in [0.29, 0.717) is 5.92 Å². The SMILES string of the molecule is Cn1nnnc1C1CCC(OC(N)=O)CC1. The van der Waals surface area contributed by atoms with Gasteiger partial charge in [-0.2, -0.15) is 0 Å². The van der Waals surface area contributed by atoms with E-state index in [1.807, 2.05) is 7.05 Å². The van der Waals surface area contributed by atoms with Crippen molar-refractivity contribution in [2.75, 3.05) is 0 Å². The van der Waals surface area contributed by atoms with Crippen LogP contribution in [0.5, 0.6) is 0 Å². The predicted octanol–water partition coefficient (Wildman–Crippen LogP) is 0.332.